The van der Waals surface area contributed by atoms with Gasteiger partial charge in [-0.05, 0) is 134 Å². The zero-order valence-corrected chi connectivity index (χ0v) is 38.3. The van der Waals surface area contributed by atoms with E-state index in [9.17, 15) is 0 Å². The molecule has 9 aromatic rings. The van der Waals surface area contributed by atoms with Crippen molar-refractivity contribution in [2.24, 2.45) is 0 Å². The number of hydrogen-bond acceptors (Lipinski definition) is 3. The summed E-state index contributed by atoms with van der Waals surface area (Å²) >= 11 is 2.07. The average Bonchev–Trinajstić information content (AvgIpc) is 4.00. The van der Waals surface area contributed by atoms with Crippen LogP contribution in [-0.4, -0.2) is 22.9 Å². The molecule has 4 aliphatic rings. The fraction of sp³-hybridized carbons (Fsp3) is 0.259. The number of aryl methyl sites for hydroxylation is 6. The minimum Gasteiger partial charge on any atom is -0.359 e. The standard InChI is InChI=1S/C54H50B2N4S/c1-27-13-19-39-37(21-27)45-31(5)29(3)23-43-49(45)59(39)55-51-47(35-17-15-33(53(7,8)9)25-41(35)57(43)55)48-36-18-16-34(54(10,11)12)26-42(36)58-44-24-30(4)32(6)46-38-22-28(2)14-20-40(38)60(50(44)46)56(58)52(48)61-51/h13-26H,1-12H3. The van der Waals surface area contributed by atoms with Gasteiger partial charge >= 0.3 is 14.0 Å². The lowest BCUT2D eigenvalue weighted by Crippen LogP contribution is -2.51. The Balaban J connectivity index is 1.20. The summed E-state index contributed by atoms with van der Waals surface area (Å²) in [6.45, 7) is 27.9. The molecule has 7 heteroatoms. The maximum atomic E-state index is 2.73. The molecule has 7 heterocycles. The third kappa shape index (κ3) is 4.29. The third-order valence-corrected chi connectivity index (χ3v) is 16.4. The van der Waals surface area contributed by atoms with Crippen LogP contribution in [-0.2, 0) is 10.8 Å². The molecule has 4 aliphatic heterocycles. The Kier molecular flexibility index (Phi) is 6.64. The molecule has 0 radical (unpaired) electrons. The van der Waals surface area contributed by atoms with E-state index in [1.807, 2.05) is 0 Å². The normalized spacial score (nSPS) is 14.8. The number of aromatic nitrogens is 2. The van der Waals surface area contributed by atoms with Crippen molar-refractivity contribution in [2.45, 2.75) is 93.9 Å². The average molecular weight is 809 g/mol. The van der Waals surface area contributed by atoms with Gasteiger partial charge in [-0.3, -0.25) is 0 Å². The van der Waals surface area contributed by atoms with Gasteiger partial charge in [-0.1, -0.05) is 89.1 Å². The zero-order valence-electron chi connectivity index (χ0n) is 37.4. The fourth-order valence-electron chi connectivity index (χ4n) is 11.8. The minimum atomic E-state index is -0.0182. The molecule has 13 rings (SSSR count). The molecule has 4 nitrogen and oxygen atoms in total. The van der Waals surface area contributed by atoms with Crippen molar-refractivity contribution in [1.29, 1.82) is 0 Å². The third-order valence-electron chi connectivity index (χ3n) is 15.2. The molecular formula is C54H50B2N4S. The fourth-order valence-corrected chi connectivity index (χ4v) is 13.3. The summed E-state index contributed by atoms with van der Waals surface area (Å²) in [4.78, 5) is 5.46. The summed E-state index contributed by atoms with van der Waals surface area (Å²) in [6.07, 6.45) is 0. The largest absolute Gasteiger partial charge is 0.431 e. The van der Waals surface area contributed by atoms with Crippen LogP contribution in [0.3, 0.4) is 0 Å². The number of benzene rings is 6. The van der Waals surface area contributed by atoms with Crippen LogP contribution >= 0.6 is 11.3 Å². The number of rotatable bonds is 0. The molecule has 0 unspecified atom stereocenters. The molecule has 61 heavy (non-hydrogen) atoms. The number of anilines is 4. The Hall–Kier alpha value is -5.65. The first-order chi connectivity index (χ1) is 29.0. The number of nitrogens with zero attached hydrogens (tertiary/aromatic N) is 4. The van der Waals surface area contributed by atoms with Crippen molar-refractivity contribution >= 4 is 101 Å². The van der Waals surface area contributed by atoms with E-state index in [1.54, 1.807) is 0 Å². The van der Waals surface area contributed by atoms with E-state index in [4.69, 9.17) is 0 Å². The molecule has 0 saturated carbocycles. The van der Waals surface area contributed by atoms with E-state index in [1.165, 1.54) is 143 Å². The second-order valence-electron chi connectivity index (χ2n) is 20.9. The van der Waals surface area contributed by atoms with Crippen LogP contribution in [0.5, 0.6) is 0 Å². The Morgan fingerprint density at radius 2 is 0.869 bits per heavy atom. The van der Waals surface area contributed by atoms with E-state index >= 15 is 0 Å². The van der Waals surface area contributed by atoms with Crippen LogP contribution < -0.4 is 19.2 Å². The first kappa shape index (κ1) is 36.0. The van der Waals surface area contributed by atoms with Gasteiger partial charge in [-0.15, -0.1) is 0 Å². The summed E-state index contributed by atoms with van der Waals surface area (Å²) < 4.78 is 8.32. The smallest absolute Gasteiger partial charge is 0.359 e. The number of fused-ring (bicyclic) bond motifs is 23. The van der Waals surface area contributed by atoms with E-state index in [2.05, 4.69) is 198 Å². The van der Waals surface area contributed by atoms with Crippen molar-refractivity contribution in [3.63, 3.8) is 0 Å². The lowest BCUT2D eigenvalue weighted by molar-refractivity contribution is 0.590. The van der Waals surface area contributed by atoms with Crippen LogP contribution in [0.4, 0.5) is 22.7 Å². The summed E-state index contributed by atoms with van der Waals surface area (Å²) in [5.41, 5.74) is 27.0. The van der Waals surface area contributed by atoms with E-state index in [-0.39, 0.29) is 24.8 Å². The number of hydrogen-bond donors (Lipinski definition) is 0. The summed E-state index contributed by atoms with van der Waals surface area (Å²) in [6, 6.07) is 34.1. The van der Waals surface area contributed by atoms with Gasteiger partial charge in [-0.25, -0.2) is 0 Å². The van der Waals surface area contributed by atoms with Crippen molar-refractivity contribution < 1.29 is 0 Å². The van der Waals surface area contributed by atoms with Crippen molar-refractivity contribution in [3.05, 3.63) is 129 Å². The molecule has 0 bridgehead atoms. The van der Waals surface area contributed by atoms with Crippen molar-refractivity contribution in [2.75, 3.05) is 9.62 Å². The Morgan fingerprint density at radius 1 is 0.459 bits per heavy atom. The molecule has 6 aromatic carbocycles. The van der Waals surface area contributed by atoms with Gasteiger partial charge in [0.1, 0.15) is 0 Å². The summed E-state index contributed by atoms with van der Waals surface area (Å²) in [5, 5.41) is 5.54. The van der Waals surface area contributed by atoms with Crippen LogP contribution in [0.25, 0.3) is 65.9 Å². The number of thiophene rings is 1. The van der Waals surface area contributed by atoms with Crippen LogP contribution in [0.1, 0.15) is 86.1 Å². The van der Waals surface area contributed by atoms with Crippen LogP contribution in [0, 0.1) is 41.5 Å². The maximum absolute atomic E-state index is 2.73. The second-order valence-corrected chi connectivity index (χ2v) is 22.0. The molecule has 0 atom stereocenters. The maximum Gasteiger partial charge on any atom is 0.431 e. The topological polar surface area (TPSA) is 16.3 Å². The molecular weight excluding hydrogens is 758 g/mol. The predicted octanol–water partition coefficient (Wildman–Crippen LogP) is 13.2. The lowest BCUT2D eigenvalue weighted by Gasteiger charge is -2.37. The molecule has 0 saturated heterocycles. The van der Waals surface area contributed by atoms with Gasteiger partial charge in [0.05, 0.1) is 22.4 Å². The Bertz CT molecular complexity index is 3320. The quantitative estimate of drug-likeness (QED) is 0.142. The molecule has 0 fully saturated rings. The van der Waals surface area contributed by atoms with Crippen LogP contribution in [0.2, 0.25) is 0 Å². The van der Waals surface area contributed by atoms with Gasteiger partial charge in [-0.2, -0.15) is 11.3 Å². The highest BCUT2D eigenvalue weighted by Crippen LogP contribution is 2.57. The van der Waals surface area contributed by atoms with Gasteiger partial charge < -0.3 is 18.6 Å². The van der Waals surface area contributed by atoms with Crippen molar-refractivity contribution in [3.8, 4) is 22.3 Å². The van der Waals surface area contributed by atoms with E-state index in [0.29, 0.717) is 0 Å². The van der Waals surface area contributed by atoms with E-state index < -0.39 is 0 Å². The SMILES string of the molecule is Cc1ccc2c(c1)c1c(C)c(C)cc3c1n2B1c2sc4c(c2-c2ccc(C(C)(C)C)cc2N13)-c1ccc(C(C)(C)C)cc1N1B4n2c3ccc(C)cc3c3c(C)c(C)cc1c32. The molecule has 298 valence electrons. The highest BCUT2D eigenvalue weighted by molar-refractivity contribution is 7.34. The molecule has 0 spiro atoms. The predicted molar refractivity (Wildman–Crippen MR) is 266 cm³/mol. The molecule has 0 aliphatic carbocycles. The van der Waals surface area contributed by atoms with Gasteiger partial charge in [0.25, 0.3) is 0 Å². The van der Waals surface area contributed by atoms with Crippen LogP contribution in [0.15, 0.2) is 84.9 Å². The Labute approximate surface area is 363 Å². The molecule has 0 N–H and O–H groups in total. The summed E-state index contributed by atoms with van der Waals surface area (Å²) in [5.74, 6) is 0. The van der Waals surface area contributed by atoms with E-state index in [0.717, 1.165) is 0 Å². The summed E-state index contributed by atoms with van der Waals surface area (Å²) in [7, 11) is 0. The lowest BCUT2D eigenvalue weighted by atomic mass is 9.61. The molecule has 3 aromatic heterocycles. The first-order valence-electron chi connectivity index (χ1n) is 22.2. The van der Waals surface area contributed by atoms with Gasteiger partial charge in [0.2, 0.25) is 0 Å². The van der Waals surface area contributed by atoms with Gasteiger partial charge in [0, 0.05) is 75.8 Å². The van der Waals surface area contributed by atoms with Gasteiger partial charge in [0.15, 0.2) is 0 Å². The second kappa shape index (κ2) is 11.2. The zero-order chi connectivity index (χ0) is 42.1. The highest BCUT2D eigenvalue weighted by Gasteiger charge is 2.53. The molecule has 0 amide bonds. The monoisotopic (exact) mass is 808 g/mol. The Morgan fingerprint density at radius 3 is 1.26 bits per heavy atom. The highest BCUT2D eigenvalue weighted by atomic mass is 32.1. The first-order valence-corrected chi connectivity index (χ1v) is 23.0. The van der Waals surface area contributed by atoms with Crippen molar-refractivity contribution in [1.82, 2.24) is 8.96 Å². The minimum absolute atomic E-state index is 0.00177.